The van der Waals surface area contributed by atoms with Crippen LogP contribution in [0.2, 0.25) is 9.26 Å². The molecule has 76 heavy (non-hydrogen) atoms. The number of halogens is 2. The van der Waals surface area contributed by atoms with Gasteiger partial charge < -0.3 is 0 Å². The average molecular weight is 1120 g/mol. The van der Waals surface area contributed by atoms with E-state index in [1.807, 2.05) is 0 Å². The van der Waals surface area contributed by atoms with E-state index in [1.165, 1.54) is 163 Å². The first-order valence-corrected chi connectivity index (χ1v) is 41.7. The van der Waals surface area contributed by atoms with Crippen LogP contribution in [0.1, 0.15) is 93.7 Å². The topological polar surface area (TPSA) is 0 Å². The first kappa shape index (κ1) is 51.2. The van der Waals surface area contributed by atoms with Gasteiger partial charge in [-0.2, -0.15) is 0 Å². The van der Waals surface area contributed by atoms with Crippen molar-refractivity contribution in [1.82, 2.24) is 0 Å². The Bertz CT molecular complexity index is 3770. The molecule has 0 aromatic heterocycles. The third-order valence-electron chi connectivity index (χ3n) is 18.8. The Morgan fingerprint density at radius 1 is 0.342 bits per heavy atom. The zero-order chi connectivity index (χ0) is 49.6. The minimum absolute atomic E-state index is 0. The predicted octanol–water partition coefficient (Wildman–Crippen LogP) is 20.9. The van der Waals surface area contributed by atoms with E-state index in [0.717, 1.165) is 11.8 Å². The van der Waals surface area contributed by atoms with Crippen molar-refractivity contribution in [2.24, 2.45) is 11.8 Å². The molecule has 4 heteroatoms. The normalized spacial score (nSPS) is 17.7. The maximum absolute atomic E-state index is 4.49. The fraction of sp³-hybridized carbons (Fsp3) is 0.222. The van der Waals surface area contributed by atoms with E-state index in [-0.39, 0.29) is 24.8 Å². The van der Waals surface area contributed by atoms with Crippen LogP contribution in [0.3, 0.4) is 0 Å². The molecule has 378 valence electrons. The van der Waals surface area contributed by atoms with Crippen LogP contribution in [-0.2, 0) is 17.4 Å². The van der Waals surface area contributed by atoms with Gasteiger partial charge in [0.1, 0.15) is 0 Å². The summed E-state index contributed by atoms with van der Waals surface area (Å²) in [6.07, 6.45) is 18.8. The molecule has 2 fully saturated rings. The summed E-state index contributed by atoms with van der Waals surface area (Å²) >= 11 is -4.49. The van der Waals surface area contributed by atoms with Crippen molar-refractivity contribution in [3.63, 3.8) is 0 Å². The van der Waals surface area contributed by atoms with Gasteiger partial charge >= 0.3 is 444 Å². The number of allylic oxidation sites excluding steroid dienone is 2. The number of benzene rings is 10. The number of rotatable bonds is 10. The molecule has 10 aromatic carbocycles. The molecular formula is C72H68Cl2SiZr. The van der Waals surface area contributed by atoms with E-state index in [9.17, 15) is 0 Å². The fourth-order valence-corrected chi connectivity index (χ4v) is 35.2. The molecule has 0 spiro atoms. The van der Waals surface area contributed by atoms with E-state index in [0.29, 0.717) is 7.25 Å². The SMILES string of the molecule is Cl.Cl.[CH3][Zr]([CH3])(=[SiH2])([CH]1C(CC2CCCC2)=Cc2c(-c3cccc4ccccc34)ccc(-c3cccc4ccccc34)c21)[CH]1C(CC2CCCC2)=Cc2c(-c3cccc4ccccc34)ccc(-c3cccc4ccccc34)c21. The Balaban J connectivity index is 0.00000291. The van der Waals surface area contributed by atoms with Gasteiger partial charge in [0.05, 0.1) is 0 Å². The molecule has 10 aromatic rings. The minimum atomic E-state index is -4.49. The molecule has 4 aliphatic rings. The second-order valence-corrected chi connectivity index (χ2v) is 54.5. The molecule has 0 saturated heterocycles. The van der Waals surface area contributed by atoms with Gasteiger partial charge in [0, 0.05) is 0 Å². The fourth-order valence-electron chi connectivity index (χ4n) is 15.7. The van der Waals surface area contributed by atoms with Crippen LogP contribution in [0, 0.1) is 11.8 Å². The number of hydrogen-bond acceptors (Lipinski definition) is 0. The van der Waals surface area contributed by atoms with Gasteiger partial charge in [-0.1, -0.05) is 0 Å². The average Bonchev–Trinajstić information content (AvgIpc) is 4.38. The van der Waals surface area contributed by atoms with Crippen LogP contribution in [0.25, 0.3) is 99.7 Å². The summed E-state index contributed by atoms with van der Waals surface area (Å²) in [5, 5.41) is 10.6. The summed E-state index contributed by atoms with van der Waals surface area (Å²) in [5.74, 6) is 1.45. The molecular weight excluding hydrogens is 1060 g/mol. The van der Waals surface area contributed by atoms with Crippen LogP contribution < -0.4 is 0 Å². The quantitative estimate of drug-likeness (QED) is 0.120. The van der Waals surface area contributed by atoms with Crippen LogP contribution in [-0.4, -0.2) is 6.88 Å². The monoisotopic (exact) mass is 1120 g/mol. The van der Waals surface area contributed by atoms with Gasteiger partial charge in [0.25, 0.3) is 0 Å². The number of hydrogen-bond donors (Lipinski definition) is 0. The van der Waals surface area contributed by atoms with Crippen molar-refractivity contribution >= 4 is 86.9 Å². The Labute approximate surface area is 465 Å². The molecule has 14 rings (SSSR count). The predicted molar refractivity (Wildman–Crippen MR) is 334 cm³/mol. The third-order valence-corrected chi connectivity index (χ3v) is 36.2. The Morgan fingerprint density at radius 2 is 0.618 bits per heavy atom. The summed E-state index contributed by atoms with van der Waals surface area (Å²) < 4.78 is 6.61. The van der Waals surface area contributed by atoms with Gasteiger partial charge in [-0.05, 0) is 0 Å². The molecule has 4 aliphatic carbocycles. The molecule has 0 aliphatic heterocycles. The van der Waals surface area contributed by atoms with Crippen molar-refractivity contribution in [2.75, 3.05) is 0 Å². The molecule has 0 N–H and O–H groups in total. The Hall–Kier alpha value is -5.60. The Kier molecular flexibility index (Phi) is 13.7. The standard InChI is InChI=1S/2C35H29.2CH3.2ClH.H2Si.Zr/c2*1-2-10-24(9-1)21-25-22-34-32(30-17-7-13-26-11-3-5-15-28(26)30)19-20-33(35(34)23-25)31-18-8-14-27-12-4-6-16-29(27)31;;;;;;/h2*3-8,11-20,22-24H,1-2,9-10,21H2;2*1H3;2*1H;1H2;. The molecule has 2 atom stereocenters. The third kappa shape index (κ3) is 8.57. The van der Waals surface area contributed by atoms with Crippen LogP contribution in [0.4, 0.5) is 0 Å². The van der Waals surface area contributed by atoms with Gasteiger partial charge in [0.15, 0.2) is 0 Å². The number of fused-ring (bicyclic) bond motifs is 6. The summed E-state index contributed by atoms with van der Waals surface area (Å²) in [6.45, 7) is 2.59. The molecule has 0 bridgehead atoms. The van der Waals surface area contributed by atoms with Crippen LogP contribution >= 0.6 is 24.8 Å². The van der Waals surface area contributed by atoms with E-state index < -0.39 is 17.4 Å². The van der Waals surface area contributed by atoms with Crippen molar-refractivity contribution < 1.29 is 17.4 Å². The van der Waals surface area contributed by atoms with Crippen LogP contribution in [0.5, 0.6) is 0 Å². The van der Waals surface area contributed by atoms with Gasteiger partial charge in [-0.3, -0.25) is 0 Å². The van der Waals surface area contributed by atoms with E-state index in [1.54, 1.807) is 22.3 Å². The summed E-state index contributed by atoms with van der Waals surface area (Å²) in [4.78, 5) is 0. The first-order chi connectivity index (χ1) is 36.3. The molecule has 0 amide bonds. The van der Waals surface area contributed by atoms with Crippen molar-refractivity contribution in [1.29, 1.82) is 0 Å². The van der Waals surface area contributed by atoms with E-state index in [2.05, 4.69) is 222 Å². The first-order valence-electron chi connectivity index (χ1n) is 28.0. The van der Waals surface area contributed by atoms with Gasteiger partial charge in [-0.15, -0.1) is 24.8 Å². The molecule has 0 radical (unpaired) electrons. The molecule has 0 nitrogen and oxygen atoms in total. The maximum atomic E-state index is 2.96. The summed E-state index contributed by atoms with van der Waals surface area (Å²) in [5.41, 5.74) is 20.8. The van der Waals surface area contributed by atoms with E-state index in [4.69, 9.17) is 0 Å². The molecule has 0 heterocycles. The van der Waals surface area contributed by atoms with Gasteiger partial charge in [0.2, 0.25) is 0 Å². The van der Waals surface area contributed by atoms with Crippen LogP contribution in [0.15, 0.2) is 205 Å². The molecule has 2 saturated carbocycles. The van der Waals surface area contributed by atoms with Crippen molar-refractivity contribution in [3.8, 4) is 44.5 Å². The Morgan fingerprint density at radius 3 is 0.947 bits per heavy atom. The summed E-state index contributed by atoms with van der Waals surface area (Å²) in [7, 11) is 0. The second kappa shape index (κ2) is 20.3. The van der Waals surface area contributed by atoms with Gasteiger partial charge in [-0.25, -0.2) is 0 Å². The summed E-state index contributed by atoms with van der Waals surface area (Å²) in [6, 6.07) is 74.8. The zero-order valence-electron chi connectivity index (χ0n) is 44.0. The van der Waals surface area contributed by atoms with E-state index >= 15 is 0 Å². The molecule has 2 unspecified atom stereocenters. The van der Waals surface area contributed by atoms with Crippen molar-refractivity contribution in [2.45, 2.75) is 80.7 Å². The zero-order valence-corrected chi connectivity index (χ0v) is 49.5. The second-order valence-electron chi connectivity index (χ2n) is 24.0. The van der Waals surface area contributed by atoms with Crippen molar-refractivity contribution in [3.05, 3.63) is 228 Å².